The Bertz CT molecular complexity index is 1330. The van der Waals surface area contributed by atoms with Crippen LogP contribution in [0.3, 0.4) is 0 Å². The van der Waals surface area contributed by atoms with Crippen molar-refractivity contribution in [3.05, 3.63) is 54.1 Å². The first kappa shape index (κ1) is 25.6. The minimum Gasteiger partial charge on any atom is -0.424 e. The van der Waals surface area contributed by atoms with Gasteiger partial charge >= 0.3 is 6.18 Å². The van der Waals surface area contributed by atoms with E-state index in [-0.39, 0.29) is 24.2 Å². The Morgan fingerprint density at radius 3 is 2.56 bits per heavy atom. The second-order valence-electron chi connectivity index (χ2n) is 10.7. The molecule has 3 aliphatic rings. The number of nitrogens with one attached hydrogen (secondary N) is 2. The van der Waals surface area contributed by atoms with E-state index in [4.69, 9.17) is 10.2 Å². The monoisotopic (exact) mass is 541 g/mol. The van der Waals surface area contributed by atoms with Gasteiger partial charge in [0.1, 0.15) is 5.82 Å². The van der Waals surface area contributed by atoms with Crippen molar-refractivity contribution in [3.8, 4) is 11.3 Å². The molecule has 1 saturated heterocycles. The number of nitrogens with zero attached hydrogens (tertiary/aromatic N) is 4. The van der Waals surface area contributed by atoms with Gasteiger partial charge in [-0.25, -0.2) is 15.0 Å². The number of benzene rings is 1. The molecule has 0 spiro atoms. The molecule has 3 heterocycles. The number of anilines is 2. The Morgan fingerprint density at radius 2 is 1.85 bits per heavy atom. The summed E-state index contributed by atoms with van der Waals surface area (Å²) in [5, 5.41) is 7.33. The van der Waals surface area contributed by atoms with Crippen LogP contribution in [0.2, 0.25) is 0 Å². The second-order valence-corrected chi connectivity index (χ2v) is 10.7. The molecule has 3 fully saturated rings. The minimum absolute atomic E-state index is 0.112. The van der Waals surface area contributed by atoms with Crippen LogP contribution >= 0.6 is 0 Å². The summed E-state index contributed by atoms with van der Waals surface area (Å²) in [6.07, 6.45) is 5.37. The third kappa shape index (κ3) is 5.29. The largest absolute Gasteiger partial charge is 0.434 e. The summed E-state index contributed by atoms with van der Waals surface area (Å²) in [5.41, 5.74) is 5.55. The van der Waals surface area contributed by atoms with Gasteiger partial charge in [-0.1, -0.05) is 25.0 Å². The van der Waals surface area contributed by atoms with E-state index in [1.807, 2.05) is 6.07 Å². The van der Waals surface area contributed by atoms with Gasteiger partial charge in [-0.05, 0) is 43.7 Å². The molecule has 12 heteroatoms. The van der Waals surface area contributed by atoms with Crippen LogP contribution in [0, 0.1) is 5.92 Å². The van der Waals surface area contributed by atoms with Crippen LogP contribution in [-0.2, 0) is 6.18 Å². The summed E-state index contributed by atoms with van der Waals surface area (Å²) in [6, 6.07) is 8.01. The van der Waals surface area contributed by atoms with Crippen LogP contribution in [0.4, 0.5) is 25.0 Å². The van der Waals surface area contributed by atoms with Gasteiger partial charge in [0.25, 0.3) is 6.01 Å². The average Bonchev–Trinajstić information content (AvgIpc) is 3.66. The summed E-state index contributed by atoms with van der Waals surface area (Å²) in [5.74, 6) is 1.00. The molecular weight excluding hydrogens is 511 g/mol. The highest BCUT2D eigenvalue weighted by atomic mass is 19.4. The van der Waals surface area contributed by atoms with E-state index in [0.717, 1.165) is 56.8 Å². The highest BCUT2D eigenvalue weighted by Gasteiger charge is 2.47. The zero-order valence-electron chi connectivity index (χ0n) is 21.2. The standard InChI is InChI=1S/C27H30F3N7O2/c28-27(29,30)23-12-33-24(13-32-23)37-14-15-8-20(21(37)9-15)35-18-6-1-2-7-19(18)36-26-34-11-22(39-26)16-4-3-5-17(10-16)25(31)38/h3-5,10-13,15,18-21,35H,1-2,6-9,14H2,(H2,31,38)(H,34,36)/t15-,18-,19-,20+,21-/m1/s1. The lowest BCUT2D eigenvalue weighted by Crippen LogP contribution is -2.56. The van der Waals surface area contributed by atoms with Gasteiger partial charge in [0.2, 0.25) is 5.91 Å². The maximum absolute atomic E-state index is 12.9. The summed E-state index contributed by atoms with van der Waals surface area (Å²) in [4.78, 5) is 25.8. The molecule has 206 valence electrons. The molecular formula is C27H30F3N7O2. The fraction of sp³-hybridized carbons (Fsp3) is 0.481. The number of halogens is 3. The van der Waals surface area contributed by atoms with Crippen molar-refractivity contribution in [2.45, 2.75) is 68.9 Å². The third-order valence-electron chi connectivity index (χ3n) is 8.14. The molecule has 9 nitrogen and oxygen atoms in total. The number of hydrogen-bond donors (Lipinski definition) is 3. The summed E-state index contributed by atoms with van der Waals surface area (Å²) < 4.78 is 44.8. The zero-order valence-corrected chi connectivity index (χ0v) is 21.2. The maximum Gasteiger partial charge on any atom is 0.434 e. The molecule has 4 N–H and O–H groups in total. The fourth-order valence-corrected chi connectivity index (χ4v) is 6.32. The van der Waals surface area contributed by atoms with Crippen LogP contribution in [0.15, 0.2) is 47.3 Å². The number of rotatable bonds is 7. The molecule has 6 rings (SSSR count). The van der Waals surface area contributed by atoms with E-state index in [0.29, 0.717) is 29.1 Å². The van der Waals surface area contributed by atoms with Crippen molar-refractivity contribution in [3.63, 3.8) is 0 Å². The number of primary amides is 1. The number of nitrogens with two attached hydrogens (primary N) is 1. The molecule has 2 aliphatic carbocycles. The molecule has 1 aliphatic heterocycles. The Kier molecular flexibility index (Phi) is 6.66. The maximum atomic E-state index is 12.9. The lowest BCUT2D eigenvalue weighted by atomic mass is 9.89. The first-order chi connectivity index (χ1) is 18.7. The molecule has 2 bridgehead atoms. The van der Waals surface area contributed by atoms with Crippen molar-refractivity contribution >= 4 is 17.7 Å². The van der Waals surface area contributed by atoms with Gasteiger partial charge in [-0.2, -0.15) is 13.2 Å². The first-order valence-electron chi connectivity index (χ1n) is 13.3. The van der Waals surface area contributed by atoms with Gasteiger partial charge in [0.05, 0.1) is 18.6 Å². The lowest BCUT2D eigenvalue weighted by molar-refractivity contribution is -0.141. The van der Waals surface area contributed by atoms with Gasteiger partial charge in [0, 0.05) is 41.8 Å². The van der Waals surface area contributed by atoms with E-state index in [1.165, 1.54) is 6.20 Å². The van der Waals surface area contributed by atoms with Crippen molar-refractivity contribution in [1.82, 2.24) is 20.3 Å². The Hall–Kier alpha value is -3.67. The highest BCUT2D eigenvalue weighted by molar-refractivity contribution is 5.93. The summed E-state index contributed by atoms with van der Waals surface area (Å²) in [7, 11) is 0. The van der Waals surface area contributed by atoms with Crippen LogP contribution in [0.1, 0.15) is 54.6 Å². The van der Waals surface area contributed by atoms with Gasteiger partial charge in [0.15, 0.2) is 11.5 Å². The summed E-state index contributed by atoms with van der Waals surface area (Å²) >= 11 is 0. The quantitative estimate of drug-likeness (QED) is 0.406. The zero-order chi connectivity index (χ0) is 27.1. The first-order valence-corrected chi connectivity index (χ1v) is 13.3. The molecule has 0 unspecified atom stereocenters. The molecule has 39 heavy (non-hydrogen) atoms. The number of alkyl halides is 3. The van der Waals surface area contributed by atoms with E-state index >= 15 is 0 Å². The Morgan fingerprint density at radius 1 is 1.03 bits per heavy atom. The third-order valence-corrected chi connectivity index (χ3v) is 8.14. The number of carbonyl (C=O) groups excluding carboxylic acids is 1. The predicted molar refractivity (Wildman–Crippen MR) is 138 cm³/mol. The molecule has 1 aromatic carbocycles. The fourth-order valence-electron chi connectivity index (χ4n) is 6.32. The normalized spacial score (nSPS) is 26.6. The molecule has 0 radical (unpaired) electrons. The minimum atomic E-state index is -4.50. The number of amides is 1. The second kappa shape index (κ2) is 10.1. The molecule has 5 atom stereocenters. The smallest absolute Gasteiger partial charge is 0.424 e. The summed E-state index contributed by atoms with van der Waals surface area (Å²) in [6.45, 7) is 0.783. The van der Waals surface area contributed by atoms with Crippen LogP contribution in [0.5, 0.6) is 0 Å². The van der Waals surface area contributed by atoms with Crippen LogP contribution in [-0.4, -0.2) is 51.6 Å². The number of carbonyl (C=O) groups is 1. The van der Waals surface area contributed by atoms with E-state index in [1.54, 1.807) is 24.4 Å². The topological polar surface area (TPSA) is 122 Å². The Labute approximate surface area is 223 Å². The van der Waals surface area contributed by atoms with E-state index in [2.05, 4.69) is 30.5 Å². The number of piperidine rings is 1. The van der Waals surface area contributed by atoms with Crippen LogP contribution in [0.25, 0.3) is 11.3 Å². The van der Waals surface area contributed by atoms with Crippen LogP contribution < -0.4 is 21.3 Å². The molecule has 2 aromatic heterocycles. The average molecular weight is 542 g/mol. The predicted octanol–water partition coefficient (Wildman–Crippen LogP) is 4.23. The van der Waals surface area contributed by atoms with Gasteiger partial charge < -0.3 is 25.7 Å². The van der Waals surface area contributed by atoms with Crippen molar-refractivity contribution in [1.29, 1.82) is 0 Å². The van der Waals surface area contributed by atoms with E-state index in [9.17, 15) is 18.0 Å². The molecule has 2 saturated carbocycles. The number of fused-ring (bicyclic) bond motifs is 2. The SMILES string of the molecule is NC(=O)c1cccc(-c2cnc(N[C@@H]3CCCC[C@H]3N[C@H]3C[C@@H]4C[C@H]3N(c3cnc(C(F)(F)F)cn3)C4)o2)c1. The molecule has 1 amide bonds. The van der Waals surface area contributed by atoms with E-state index < -0.39 is 17.8 Å². The molecule has 3 aromatic rings. The van der Waals surface area contributed by atoms with Gasteiger partial charge in [-0.15, -0.1) is 0 Å². The van der Waals surface area contributed by atoms with Crippen molar-refractivity contribution in [2.75, 3.05) is 16.8 Å². The van der Waals surface area contributed by atoms with Crippen molar-refractivity contribution < 1.29 is 22.4 Å². The van der Waals surface area contributed by atoms with Gasteiger partial charge in [-0.3, -0.25) is 4.79 Å². The highest BCUT2D eigenvalue weighted by Crippen LogP contribution is 2.41. The number of aromatic nitrogens is 3. The number of hydrogen-bond acceptors (Lipinski definition) is 8. The lowest BCUT2D eigenvalue weighted by Gasteiger charge is -2.40. The van der Waals surface area contributed by atoms with Crippen molar-refractivity contribution in [2.24, 2.45) is 11.7 Å². The Balaban J connectivity index is 1.12. The number of oxazole rings is 1.